The molecule has 19 heavy (non-hydrogen) atoms. The highest BCUT2D eigenvalue weighted by molar-refractivity contribution is 9.11. The molecule has 0 spiro atoms. The van der Waals surface area contributed by atoms with Crippen molar-refractivity contribution in [1.29, 1.82) is 0 Å². The fourth-order valence-corrected chi connectivity index (χ4v) is 4.81. The quantitative estimate of drug-likeness (QED) is 0.845. The van der Waals surface area contributed by atoms with E-state index in [1.807, 2.05) is 11.3 Å². The van der Waals surface area contributed by atoms with Crippen LogP contribution in [0.3, 0.4) is 0 Å². The summed E-state index contributed by atoms with van der Waals surface area (Å²) >= 11 is 5.45. The zero-order valence-corrected chi connectivity index (χ0v) is 13.6. The van der Waals surface area contributed by atoms with E-state index in [0.29, 0.717) is 12.0 Å². The largest absolute Gasteiger partial charge is 0.310 e. The molecular weight excluding hydrogens is 318 g/mol. The second-order valence-electron chi connectivity index (χ2n) is 5.11. The normalized spacial score (nSPS) is 18.8. The Morgan fingerprint density at radius 3 is 2.84 bits per heavy atom. The molecule has 2 aromatic rings. The molecule has 0 amide bonds. The van der Waals surface area contributed by atoms with E-state index in [9.17, 15) is 0 Å². The summed E-state index contributed by atoms with van der Waals surface area (Å²) in [6.45, 7) is 5.42. The molecule has 0 fully saturated rings. The number of rotatable bonds is 4. The highest BCUT2D eigenvalue weighted by Crippen LogP contribution is 2.45. The van der Waals surface area contributed by atoms with Gasteiger partial charge in [-0.1, -0.05) is 31.2 Å². The van der Waals surface area contributed by atoms with Gasteiger partial charge in [0.1, 0.15) is 0 Å². The summed E-state index contributed by atoms with van der Waals surface area (Å²) in [6, 6.07) is 11.6. The smallest absolute Gasteiger partial charge is 0.0704 e. The van der Waals surface area contributed by atoms with Crippen LogP contribution in [0.5, 0.6) is 0 Å². The van der Waals surface area contributed by atoms with E-state index >= 15 is 0 Å². The molecule has 1 aliphatic carbocycles. The van der Waals surface area contributed by atoms with Crippen molar-refractivity contribution in [3.05, 3.63) is 55.7 Å². The van der Waals surface area contributed by atoms with Gasteiger partial charge >= 0.3 is 0 Å². The molecule has 0 saturated carbocycles. The third kappa shape index (κ3) is 2.39. The molecule has 1 aliphatic rings. The first-order valence-corrected chi connectivity index (χ1v) is 8.38. The van der Waals surface area contributed by atoms with Gasteiger partial charge in [-0.25, -0.2) is 0 Å². The maximum Gasteiger partial charge on any atom is 0.0704 e. The van der Waals surface area contributed by atoms with Crippen LogP contribution in [0, 0.1) is 6.92 Å². The second kappa shape index (κ2) is 5.39. The topological polar surface area (TPSA) is 12.0 Å². The van der Waals surface area contributed by atoms with E-state index in [-0.39, 0.29) is 0 Å². The van der Waals surface area contributed by atoms with Crippen LogP contribution >= 0.6 is 27.3 Å². The van der Waals surface area contributed by atoms with Gasteiger partial charge in [0.15, 0.2) is 0 Å². The molecule has 0 radical (unpaired) electrons. The van der Waals surface area contributed by atoms with Crippen molar-refractivity contribution in [1.82, 2.24) is 5.32 Å². The fraction of sp³-hybridized carbons (Fsp3) is 0.375. The number of nitrogens with one attached hydrogen (secondary N) is 1. The third-order valence-electron chi connectivity index (χ3n) is 3.98. The molecule has 1 aromatic heterocycles. The molecule has 0 aliphatic heterocycles. The van der Waals surface area contributed by atoms with Crippen LogP contribution in [0.4, 0.5) is 0 Å². The van der Waals surface area contributed by atoms with Crippen LogP contribution < -0.4 is 5.32 Å². The van der Waals surface area contributed by atoms with Gasteiger partial charge in [-0.15, -0.1) is 11.3 Å². The van der Waals surface area contributed by atoms with Gasteiger partial charge in [-0.2, -0.15) is 0 Å². The summed E-state index contributed by atoms with van der Waals surface area (Å²) in [4.78, 5) is 1.42. The molecule has 1 nitrogen and oxygen atoms in total. The lowest BCUT2D eigenvalue weighted by Gasteiger charge is -2.37. The Morgan fingerprint density at radius 1 is 1.42 bits per heavy atom. The van der Waals surface area contributed by atoms with Crippen LogP contribution in [0.2, 0.25) is 0 Å². The van der Waals surface area contributed by atoms with Gasteiger partial charge in [-0.05, 0) is 58.6 Å². The van der Waals surface area contributed by atoms with Crippen molar-refractivity contribution in [3.8, 4) is 0 Å². The molecular formula is C16H18BrNS. The molecule has 3 heteroatoms. The Kier molecular flexibility index (Phi) is 3.79. The van der Waals surface area contributed by atoms with Gasteiger partial charge in [0.05, 0.1) is 3.79 Å². The third-order valence-corrected chi connectivity index (χ3v) is 5.55. The van der Waals surface area contributed by atoms with E-state index in [1.165, 1.54) is 31.8 Å². The number of likely N-dealkylation sites (N-methyl/N-ethyl adjacent to an activating group) is 1. The summed E-state index contributed by atoms with van der Waals surface area (Å²) in [5.41, 5.74) is 4.50. The predicted molar refractivity (Wildman–Crippen MR) is 86.1 cm³/mol. The van der Waals surface area contributed by atoms with E-state index in [4.69, 9.17) is 0 Å². The Bertz CT molecular complexity index is 590. The van der Waals surface area contributed by atoms with Crippen LogP contribution in [0.15, 0.2) is 34.1 Å². The summed E-state index contributed by atoms with van der Waals surface area (Å²) < 4.78 is 1.23. The lowest BCUT2D eigenvalue weighted by atomic mass is 9.72. The SMILES string of the molecule is CCNC(c1cc(Br)sc1C)C1Cc2ccccc21. The Hall–Kier alpha value is -0.640. The summed E-state index contributed by atoms with van der Waals surface area (Å²) in [7, 11) is 0. The molecule has 100 valence electrons. The highest BCUT2D eigenvalue weighted by atomic mass is 79.9. The van der Waals surface area contributed by atoms with Gasteiger partial charge in [0, 0.05) is 16.8 Å². The number of hydrogen-bond donors (Lipinski definition) is 1. The van der Waals surface area contributed by atoms with Crippen molar-refractivity contribution in [2.75, 3.05) is 6.54 Å². The van der Waals surface area contributed by atoms with E-state index in [1.54, 1.807) is 0 Å². The van der Waals surface area contributed by atoms with Crippen molar-refractivity contribution < 1.29 is 0 Å². The molecule has 2 unspecified atom stereocenters. The number of hydrogen-bond acceptors (Lipinski definition) is 2. The van der Waals surface area contributed by atoms with Gasteiger partial charge < -0.3 is 5.32 Å². The molecule has 1 aromatic carbocycles. The number of benzene rings is 1. The van der Waals surface area contributed by atoms with Crippen molar-refractivity contribution in [2.45, 2.75) is 32.2 Å². The van der Waals surface area contributed by atoms with Gasteiger partial charge in [0.2, 0.25) is 0 Å². The minimum Gasteiger partial charge on any atom is -0.310 e. The average Bonchev–Trinajstić information content (AvgIpc) is 2.69. The lowest BCUT2D eigenvalue weighted by Crippen LogP contribution is -2.33. The Morgan fingerprint density at radius 2 is 2.21 bits per heavy atom. The van der Waals surface area contributed by atoms with E-state index in [2.05, 4.69) is 65.4 Å². The van der Waals surface area contributed by atoms with Gasteiger partial charge in [0.25, 0.3) is 0 Å². The summed E-state index contributed by atoms with van der Waals surface area (Å²) in [5.74, 6) is 0.622. The molecule has 0 bridgehead atoms. The first kappa shape index (κ1) is 13.3. The van der Waals surface area contributed by atoms with E-state index < -0.39 is 0 Å². The molecule has 0 saturated heterocycles. The first-order valence-electron chi connectivity index (χ1n) is 6.77. The molecule has 3 rings (SSSR count). The van der Waals surface area contributed by atoms with Crippen LogP contribution in [0.1, 0.15) is 40.5 Å². The monoisotopic (exact) mass is 335 g/mol. The fourth-order valence-electron chi connectivity index (χ4n) is 3.05. The molecule has 1 N–H and O–H groups in total. The average molecular weight is 336 g/mol. The highest BCUT2D eigenvalue weighted by Gasteiger charge is 2.34. The second-order valence-corrected chi connectivity index (χ2v) is 7.74. The Balaban J connectivity index is 1.93. The number of halogens is 1. The summed E-state index contributed by atoms with van der Waals surface area (Å²) in [6.07, 6.45) is 1.20. The van der Waals surface area contributed by atoms with Crippen molar-refractivity contribution >= 4 is 27.3 Å². The molecule has 1 heterocycles. The summed E-state index contributed by atoms with van der Waals surface area (Å²) in [5, 5.41) is 3.68. The standard InChI is InChI=1S/C16H18BrNS/c1-3-18-16(13-9-15(17)19-10(13)2)14-8-11-6-4-5-7-12(11)14/h4-7,9,14,16,18H,3,8H2,1-2H3. The van der Waals surface area contributed by atoms with Gasteiger partial charge in [-0.3, -0.25) is 0 Å². The number of fused-ring (bicyclic) bond motifs is 1. The van der Waals surface area contributed by atoms with Crippen molar-refractivity contribution in [3.63, 3.8) is 0 Å². The van der Waals surface area contributed by atoms with Crippen molar-refractivity contribution in [2.24, 2.45) is 0 Å². The van der Waals surface area contributed by atoms with Crippen LogP contribution in [-0.2, 0) is 6.42 Å². The minimum absolute atomic E-state index is 0.447. The predicted octanol–water partition coefficient (Wildman–Crippen LogP) is 4.81. The number of aryl methyl sites for hydroxylation is 1. The molecule has 2 atom stereocenters. The maximum absolute atomic E-state index is 3.68. The zero-order valence-electron chi connectivity index (χ0n) is 11.2. The van der Waals surface area contributed by atoms with Crippen LogP contribution in [0.25, 0.3) is 0 Å². The number of thiophene rings is 1. The lowest BCUT2D eigenvalue weighted by molar-refractivity contribution is 0.419. The Labute approximate surface area is 127 Å². The maximum atomic E-state index is 3.68. The van der Waals surface area contributed by atoms with E-state index in [0.717, 1.165) is 6.54 Å². The minimum atomic E-state index is 0.447. The first-order chi connectivity index (χ1) is 9.20. The zero-order chi connectivity index (χ0) is 13.4. The van der Waals surface area contributed by atoms with Crippen LogP contribution in [-0.4, -0.2) is 6.54 Å².